The quantitative estimate of drug-likeness (QED) is 0.431. The minimum absolute atomic E-state index is 0.724. The van der Waals surface area contributed by atoms with Crippen LogP contribution in [0, 0.1) is 0 Å². The second kappa shape index (κ2) is 3.38. The van der Waals surface area contributed by atoms with Crippen LogP contribution in [0.5, 0.6) is 0 Å². The number of allylic oxidation sites excluding steroid dienone is 1. The van der Waals surface area contributed by atoms with E-state index >= 15 is 0 Å². The molecule has 0 saturated carbocycles. The highest BCUT2D eigenvalue weighted by molar-refractivity contribution is 6.80. The molecule has 1 rings (SSSR count). The topological polar surface area (TPSA) is 0 Å². The molecular weight excluding hydrogens is 136 g/mol. The summed E-state index contributed by atoms with van der Waals surface area (Å²) in [5, 5.41) is 0. The lowest BCUT2D eigenvalue weighted by atomic mass is 10.4. The van der Waals surface area contributed by atoms with Crippen LogP contribution in [0.2, 0.25) is 24.2 Å². The van der Waals surface area contributed by atoms with Crippen molar-refractivity contribution in [3.8, 4) is 0 Å². The molecule has 0 spiro atoms. The maximum atomic E-state index is 3.85. The van der Waals surface area contributed by atoms with Crippen molar-refractivity contribution in [1.82, 2.24) is 0 Å². The molecule has 1 aliphatic rings. The summed E-state index contributed by atoms with van der Waals surface area (Å²) in [5.74, 6) is 0. The minimum Gasteiger partial charge on any atom is -0.103 e. The van der Waals surface area contributed by atoms with Crippen molar-refractivity contribution in [2.24, 2.45) is 0 Å². The van der Waals surface area contributed by atoms with Crippen LogP contribution < -0.4 is 0 Å². The number of hydrogen-bond donors (Lipinski definition) is 0. The average Bonchev–Trinajstić information content (AvgIpc) is 2.39. The molecule has 1 heterocycles. The van der Waals surface area contributed by atoms with Gasteiger partial charge < -0.3 is 0 Å². The van der Waals surface area contributed by atoms with Gasteiger partial charge in [-0.25, -0.2) is 0 Å². The van der Waals surface area contributed by atoms with Gasteiger partial charge in [0.05, 0.1) is 8.07 Å². The molecule has 0 aromatic heterocycles. The van der Waals surface area contributed by atoms with E-state index in [1.54, 1.807) is 12.1 Å². The molecule has 0 radical (unpaired) electrons. The zero-order valence-electron chi connectivity index (χ0n) is 7.03. The first-order valence-corrected chi connectivity index (χ1v) is 7.27. The lowest BCUT2D eigenvalue weighted by Gasteiger charge is -2.22. The molecule has 0 N–H and O–H groups in total. The first-order chi connectivity index (χ1) is 4.83. The number of rotatable bonds is 3. The van der Waals surface area contributed by atoms with Gasteiger partial charge in [0.15, 0.2) is 0 Å². The van der Waals surface area contributed by atoms with E-state index in [0.29, 0.717) is 0 Å². The first kappa shape index (κ1) is 8.06. The van der Waals surface area contributed by atoms with Crippen LogP contribution in [-0.4, -0.2) is 8.07 Å². The highest BCUT2D eigenvalue weighted by Crippen LogP contribution is 2.36. The molecule has 10 heavy (non-hydrogen) atoms. The van der Waals surface area contributed by atoms with Crippen molar-refractivity contribution in [1.29, 1.82) is 0 Å². The monoisotopic (exact) mass is 154 g/mol. The summed E-state index contributed by atoms with van der Waals surface area (Å²) in [4.78, 5) is 0. The van der Waals surface area contributed by atoms with Gasteiger partial charge in [-0.3, -0.25) is 0 Å². The van der Waals surface area contributed by atoms with Crippen LogP contribution in [0.4, 0.5) is 0 Å². The zero-order chi connectivity index (χ0) is 7.45. The van der Waals surface area contributed by atoms with Gasteiger partial charge in [-0.2, -0.15) is 0 Å². The normalized spacial score (nSPS) is 22.9. The van der Waals surface area contributed by atoms with Crippen LogP contribution in [0.3, 0.4) is 0 Å². The zero-order valence-corrected chi connectivity index (χ0v) is 8.03. The molecule has 1 saturated heterocycles. The van der Waals surface area contributed by atoms with Gasteiger partial charge in [0.25, 0.3) is 0 Å². The Morgan fingerprint density at radius 3 is 2.40 bits per heavy atom. The van der Waals surface area contributed by atoms with Gasteiger partial charge >= 0.3 is 0 Å². The third-order valence-electron chi connectivity index (χ3n) is 2.99. The van der Waals surface area contributed by atoms with Crippen molar-refractivity contribution in [3.63, 3.8) is 0 Å². The molecule has 1 aliphatic heterocycles. The Morgan fingerprint density at radius 1 is 1.40 bits per heavy atom. The van der Waals surface area contributed by atoms with E-state index in [0.717, 1.165) is 0 Å². The molecule has 1 fully saturated rings. The van der Waals surface area contributed by atoms with Crippen LogP contribution in [0.25, 0.3) is 0 Å². The van der Waals surface area contributed by atoms with E-state index in [1.807, 2.05) is 0 Å². The largest absolute Gasteiger partial charge is 0.103 e. The van der Waals surface area contributed by atoms with Gasteiger partial charge in [0.2, 0.25) is 0 Å². The summed E-state index contributed by atoms with van der Waals surface area (Å²) in [7, 11) is -0.724. The van der Waals surface area contributed by atoms with Crippen molar-refractivity contribution in [3.05, 3.63) is 12.7 Å². The third-order valence-corrected chi connectivity index (χ3v) is 8.47. The van der Waals surface area contributed by atoms with E-state index in [4.69, 9.17) is 0 Å². The highest BCUT2D eigenvalue weighted by Gasteiger charge is 2.32. The Bertz CT molecular complexity index is 112. The molecule has 0 unspecified atom stereocenters. The highest BCUT2D eigenvalue weighted by atomic mass is 28.3. The molecule has 0 amide bonds. The van der Waals surface area contributed by atoms with Gasteiger partial charge in [-0.15, -0.1) is 6.58 Å². The van der Waals surface area contributed by atoms with Gasteiger partial charge in [0.1, 0.15) is 0 Å². The molecule has 0 nitrogen and oxygen atoms in total. The van der Waals surface area contributed by atoms with Crippen molar-refractivity contribution in [2.45, 2.75) is 43.9 Å². The molecular formula is C9H18Si. The predicted octanol–water partition coefficient (Wildman–Crippen LogP) is 3.43. The average molecular weight is 154 g/mol. The standard InChI is InChI=1S/C9H18Si/c1-3-7-10(4-2)8-5-6-9-10/h3H,1,4-9H2,2H3. The Kier molecular flexibility index (Phi) is 2.72. The van der Waals surface area contributed by atoms with Crippen LogP contribution in [0.15, 0.2) is 12.7 Å². The van der Waals surface area contributed by atoms with Gasteiger partial charge in [0, 0.05) is 0 Å². The fourth-order valence-corrected chi connectivity index (χ4v) is 6.40. The molecule has 0 bridgehead atoms. The lowest BCUT2D eigenvalue weighted by molar-refractivity contribution is 0.935. The van der Waals surface area contributed by atoms with Crippen LogP contribution in [-0.2, 0) is 0 Å². The molecule has 1 heteroatoms. The maximum absolute atomic E-state index is 3.85. The molecule has 0 atom stereocenters. The smallest absolute Gasteiger partial charge is 0.0570 e. The summed E-state index contributed by atoms with van der Waals surface area (Å²) < 4.78 is 0. The van der Waals surface area contributed by atoms with Crippen molar-refractivity contribution >= 4 is 8.07 Å². The Labute approximate surface area is 65.3 Å². The third kappa shape index (κ3) is 1.51. The molecule has 0 aromatic rings. The maximum Gasteiger partial charge on any atom is 0.0570 e. The Hall–Kier alpha value is -0.0431. The molecule has 0 aromatic carbocycles. The van der Waals surface area contributed by atoms with E-state index in [1.165, 1.54) is 24.9 Å². The van der Waals surface area contributed by atoms with Crippen LogP contribution in [0.1, 0.15) is 19.8 Å². The van der Waals surface area contributed by atoms with E-state index < -0.39 is 8.07 Å². The van der Waals surface area contributed by atoms with Gasteiger partial charge in [-0.1, -0.05) is 44.0 Å². The summed E-state index contributed by atoms with van der Waals surface area (Å²) in [6.07, 6.45) is 5.17. The van der Waals surface area contributed by atoms with Crippen LogP contribution >= 0.6 is 0 Å². The second-order valence-corrected chi connectivity index (χ2v) is 8.67. The fourth-order valence-electron chi connectivity index (χ4n) is 2.13. The number of hydrogen-bond acceptors (Lipinski definition) is 0. The summed E-state index contributed by atoms with van der Waals surface area (Å²) >= 11 is 0. The molecule has 58 valence electrons. The lowest BCUT2D eigenvalue weighted by Crippen LogP contribution is -2.27. The van der Waals surface area contributed by atoms with E-state index in [9.17, 15) is 0 Å². The van der Waals surface area contributed by atoms with Crippen molar-refractivity contribution < 1.29 is 0 Å². The Balaban J connectivity index is 2.48. The fraction of sp³-hybridized carbons (Fsp3) is 0.778. The molecule has 0 aliphatic carbocycles. The summed E-state index contributed by atoms with van der Waals surface area (Å²) in [6.45, 7) is 6.23. The predicted molar refractivity (Wildman–Crippen MR) is 50.1 cm³/mol. The SMILES string of the molecule is C=CC[Si]1(CC)CCCC1. The minimum atomic E-state index is -0.724. The second-order valence-electron chi connectivity index (χ2n) is 3.55. The van der Waals surface area contributed by atoms with Gasteiger partial charge in [-0.05, 0) is 6.04 Å². The summed E-state index contributed by atoms with van der Waals surface area (Å²) in [5.41, 5.74) is 0. The summed E-state index contributed by atoms with van der Waals surface area (Å²) in [6, 6.07) is 6.02. The van der Waals surface area contributed by atoms with E-state index in [-0.39, 0.29) is 0 Å². The van der Waals surface area contributed by atoms with Crippen molar-refractivity contribution in [2.75, 3.05) is 0 Å². The van der Waals surface area contributed by atoms with E-state index in [2.05, 4.69) is 19.6 Å². The first-order valence-electron chi connectivity index (χ1n) is 4.44. The Morgan fingerprint density at radius 2 is 2.00 bits per heavy atom.